The summed E-state index contributed by atoms with van der Waals surface area (Å²) in [6.45, 7) is 2.21. The Bertz CT molecular complexity index is 1100. The molecule has 3 N–H and O–H groups in total. The van der Waals surface area contributed by atoms with E-state index in [2.05, 4.69) is 34.9 Å². The molecular weight excluding hydrogens is 448 g/mol. The Balaban J connectivity index is 1.10. The van der Waals surface area contributed by atoms with Crippen molar-refractivity contribution in [2.75, 3.05) is 19.8 Å². The van der Waals surface area contributed by atoms with Gasteiger partial charge in [0.05, 0.1) is 18.6 Å². The van der Waals surface area contributed by atoms with E-state index in [1.165, 1.54) is 11.1 Å². The SMILES string of the molecule is CC(NC(=O)C1COC(CNC(=O)OCC2c3ccccc3-c3ccccc32)C1)(C(=O)O)C1CC1. The molecule has 3 unspecified atom stereocenters. The van der Waals surface area contributed by atoms with E-state index >= 15 is 0 Å². The maximum absolute atomic E-state index is 12.7. The van der Waals surface area contributed by atoms with E-state index in [0.717, 1.165) is 24.0 Å². The monoisotopic (exact) mass is 478 g/mol. The Labute approximate surface area is 204 Å². The van der Waals surface area contributed by atoms with Gasteiger partial charge in [0.15, 0.2) is 0 Å². The number of ether oxygens (including phenoxy) is 2. The zero-order chi connectivity index (χ0) is 24.6. The number of carbonyl (C=O) groups excluding carboxylic acids is 2. The summed E-state index contributed by atoms with van der Waals surface area (Å²) in [5, 5.41) is 15.0. The topological polar surface area (TPSA) is 114 Å². The van der Waals surface area contributed by atoms with Crippen LogP contribution in [0.2, 0.25) is 0 Å². The number of benzene rings is 2. The zero-order valence-electron chi connectivity index (χ0n) is 19.7. The minimum Gasteiger partial charge on any atom is -0.480 e. The van der Waals surface area contributed by atoms with E-state index in [1.807, 2.05) is 24.3 Å². The summed E-state index contributed by atoms with van der Waals surface area (Å²) < 4.78 is 11.2. The Morgan fingerprint density at radius 3 is 2.29 bits per heavy atom. The van der Waals surface area contributed by atoms with Crippen LogP contribution in [0.1, 0.15) is 43.2 Å². The van der Waals surface area contributed by atoms with Gasteiger partial charge in [-0.25, -0.2) is 9.59 Å². The molecule has 3 atom stereocenters. The average molecular weight is 479 g/mol. The highest BCUT2D eigenvalue weighted by atomic mass is 16.5. The van der Waals surface area contributed by atoms with Crippen molar-refractivity contribution >= 4 is 18.0 Å². The summed E-state index contributed by atoms with van der Waals surface area (Å²) in [7, 11) is 0. The van der Waals surface area contributed by atoms with Crippen molar-refractivity contribution in [3.8, 4) is 11.1 Å². The minimum absolute atomic E-state index is 0.0148. The van der Waals surface area contributed by atoms with Crippen molar-refractivity contribution in [3.63, 3.8) is 0 Å². The van der Waals surface area contributed by atoms with Gasteiger partial charge in [-0.1, -0.05) is 48.5 Å². The van der Waals surface area contributed by atoms with Crippen molar-refractivity contribution in [1.29, 1.82) is 0 Å². The highest BCUT2D eigenvalue weighted by molar-refractivity contribution is 5.88. The number of rotatable bonds is 8. The van der Waals surface area contributed by atoms with Gasteiger partial charge in [0.25, 0.3) is 0 Å². The second-order valence-corrected chi connectivity index (χ2v) is 9.87. The quantitative estimate of drug-likeness (QED) is 0.537. The lowest BCUT2D eigenvalue weighted by Crippen LogP contribution is -2.55. The predicted octanol–water partition coefficient (Wildman–Crippen LogP) is 3.30. The number of alkyl carbamates (subject to hydrolysis) is 1. The highest BCUT2D eigenvalue weighted by Crippen LogP contribution is 2.44. The lowest BCUT2D eigenvalue weighted by Gasteiger charge is -2.27. The third-order valence-corrected chi connectivity index (χ3v) is 7.49. The molecule has 2 amide bonds. The van der Waals surface area contributed by atoms with Crippen LogP contribution in [0.15, 0.2) is 48.5 Å². The van der Waals surface area contributed by atoms with E-state index in [-0.39, 0.29) is 43.6 Å². The Morgan fingerprint density at radius 1 is 1.06 bits per heavy atom. The molecule has 0 bridgehead atoms. The van der Waals surface area contributed by atoms with Crippen LogP contribution in [0, 0.1) is 11.8 Å². The van der Waals surface area contributed by atoms with E-state index in [4.69, 9.17) is 9.47 Å². The van der Waals surface area contributed by atoms with Gasteiger partial charge in [-0.3, -0.25) is 4.79 Å². The molecule has 3 aliphatic rings. The smallest absolute Gasteiger partial charge is 0.407 e. The summed E-state index contributed by atoms with van der Waals surface area (Å²) in [6.07, 6.45) is 1.16. The molecular formula is C27H30N2O6. The van der Waals surface area contributed by atoms with Gasteiger partial charge < -0.3 is 25.2 Å². The first-order valence-electron chi connectivity index (χ1n) is 12.1. The van der Waals surface area contributed by atoms with Gasteiger partial charge in [-0.05, 0) is 54.4 Å². The molecule has 2 fully saturated rings. The number of hydrogen-bond donors (Lipinski definition) is 3. The fourth-order valence-electron chi connectivity index (χ4n) is 5.23. The van der Waals surface area contributed by atoms with Gasteiger partial charge in [-0.2, -0.15) is 0 Å². The van der Waals surface area contributed by atoms with E-state index < -0.39 is 23.5 Å². The minimum atomic E-state index is -1.24. The molecule has 0 radical (unpaired) electrons. The van der Waals surface area contributed by atoms with Crippen LogP contribution in [-0.2, 0) is 19.1 Å². The normalized spacial score (nSPS) is 22.5. The van der Waals surface area contributed by atoms with Crippen molar-refractivity contribution in [2.45, 2.75) is 43.7 Å². The van der Waals surface area contributed by atoms with Crippen LogP contribution in [0.4, 0.5) is 4.79 Å². The molecule has 0 aromatic heterocycles. The molecule has 2 aromatic carbocycles. The second-order valence-electron chi connectivity index (χ2n) is 9.87. The number of carbonyl (C=O) groups is 3. The summed E-state index contributed by atoms with van der Waals surface area (Å²) in [5.74, 6) is -1.82. The van der Waals surface area contributed by atoms with Crippen LogP contribution in [0.25, 0.3) is 11.1 Å². The van der Waals surface area contributed by atoms with E-state index in [0.29, 0.717) is 6.42 Å². The maximum atomic E-state index is 12.7. The molecule has 184 valence electrons. The number of nitrogens with one attached hydrogen (secondary N) is 2. The largest absolute Gasteiger partial charge is 0.480 e. The third-order valence-electron chi connectivity index (χ3n) is 7.49. The first kappa shape index (κ1) is 23.4. The van der Waals surface area contributed by atoms with Crippen LogP contribution >= 0.6 is 0 Å². The molecule has 5 rings (SSSR count). The number of hydrogen-bond acceptors (Lipinski definition) is 5. The van der Waals surface area contributed by atoms with E-state index in [9.17, 15) is 19.5 Å². The van der Waals surface area contributed by atoms with Crippen LogP contribution in [0.3, 0.4) is 0 Å². The van der Waals surface area contributed by atoms with Crippen molar-refractivity contribution in [1.82, 2.24) is 10.6 Å². The summed E-state index contributed by atoms with van der Waals surface area (Å²) in [4.78, 5) is 36.8. The van der Waals surface area contributed by atoms with Crippen molar-refractivity contribution < 1.29 is 29.0 Å². The summed E-state index contributed by atoms with van der Waals surface area (Å²) in [6, 6.07) is 16.3. The predicted molar refractivity (Wildman–Crippen MR) is 128 cm³/mol. The van der Waals surface area contributed by atoms with Crippen LogP contribution in [0.5, 0.6) is 0 Å². The molecule has 1 saturated carbocycles. The fraction of sp³-hybridized carbons (Fsp3) is 0.444. The number of amides is 2. The lowest BCUT2D eigenvalue weighted by atomic mass is 9.94. The third kappa shape index (κ3) is 4.62. The van der Waals surface area contributed by atoms with E-state index in [1.54, 1.807) is 6.92 Å². The molecule has 8 heteroatoms. The molecule has 0 spiro atoms. The van der Waals surface area contributed by atoms with Crippen LogP contribution in [-0.4, -0.2) is 54.5 Å². The van der Waals surface area contributed by atoms with Gasteiger partial charge in [0, 0.05) is 12.5 Å². The standard InChI is InChI=1S/C27H30N2O6/c1-27(25(31)32,17-10-11-17)29-24(30)16-12-18(34-14-16)13-28-26(33)35-15-23-21-8-4-2-6-19(21)20-7-3-5-9-22(20)23/h2-9,16-18,23H,10-15H2,1H3,(H,28,33)(H,29,30)(H,31,32). The fourth-order valence-corrected chi connectivity index (χ4v) is 5.23. The first-order valence-corrected chi connectivity index (χ1v) is 12.1. The molecule has 1 heterocycles. The second kappa shape index (κ2) is 9.34. The van der Waals surface area contributed by atoms with Crippen LogP contribution < -0.4 is 10.6 Å². The first-order chi connectivity index (χ1) is 16.9. The molecule has 2 aromatic rings. The van der Waals surface area contributed by atoms with Crippen molar-refractivity contribution in [2.24, 2.45) is 11.8 Å². The Kier molecular flexibility index (Phi) is 6.23. The Morgan fingerprint density at radius 2 is 1.69 bits per heavy atom. The van der Waals surface area contributed by atoms with Gasteiger partial charge in [-0.15, -0.1) is 0 Å². The number of carboxylic acids is 1. The lowest BCUT2D eigenvalue weighted by molar-refractivity contribution is -0.148. The molecule has 1 saturated heterocycles. The van der Waals surface area contributed by atoms with Gasteiger partial charge >= 0.3 is 12.1 Å². The van der Waals surface area contributed by atoms with Crippen molar-refractivity contribution in [3.05, 3.63) is 59.7 Å². The molecule has 2 aliphatic carbocycles. The number of fused-ring (bicyclic) bond motifs is 3. The van der Waals surface area contributed by atoms with Gasteiger partial charge in [0.1, 0.15) is 12.1 Å². The average Bonchev–Trinajstić information content (AvgIpc) is 3.53. The number of aliphatic carboxylic acids is 1. The zero-order valence-corrected chi connectivity index (χ0v) is 19.7. The number of carboxylic acid groups (broad SMARTS) is 1. The maximum Gasteiger partial charge on any atom is 0.407 e. The molecule has 1 aliphatic heterocycles. The Hall–Kier alpha value is -3.39. The molecule has 35 heavy (non-hydrogen) atoms. The highest BCUT2D eigenvalue weighted by Gasteiger charge is 2.49. The molecule has 8 nitrogen and oxygen atoms in total. The van der Waals surface area contributed by atoms with Gasteiger partial charge in [0.2, 0.25) is 5.91 Å². The summed E-state index contributed by atoms with van der Waals surface area (Å²) >= 11 is 0. The summed E-state index contributed by atoms with van der Waals surface area (Å²) in [5.41, 5.74) is 3.39.